The first kappa shape index (κ1) is 51.4. The standard InChI is InChI=1S/C52H77N3O10/c1-7-10-11-12-13-14-15-16-17-24-48(58)55(29-8-2)47-36-44(54-62-6)41-33-37(22-18-20-30-56)40(23-19-21-31-57)49-42-34-39(26-28-45(42)65-52(47,50(41)49)63-32-9-3)64-51(59)53-43-27-25-38(60-4)35-46(43)61-5/h9,25-28,33-35,37,40,47,49-50,56-57H,3,7-8,10-24,29-32,36H2,1-2,4-6H3,(H,53,59). The number of rotatable bonds is 29. The Labute approximate surface area is 387 Å². The van der Waals surface area contributed by atoms with Crippen molar-refractivity contribution in [3.8, 4) is 23.0 Å². The third-order valence-electron chi connectivity index (χ3n) is 13.4. The summed E-state index contributed by atoms with van der Waals surface area (Å²) in [5, 5.41) is 27.4. The number of nitrogens with one attached hydrogen (secondary N) is 1. The van der Waals surface area contributed by atoms with Gasteiger partial charge in [0.25, 0.3) is 0 Å². The molecule has 3 N–H and O–H groups in total. The van der Waals surface area contributed by atoms with E-state index < -0.39 is 23.8 Å². The van der Waals surface area contributed by atoms with Gasteiger partial charge in [0, 0.05) is 50.1 Å². The summed E-state index contributed by atoms with van der Waals surface area (Å²) in [7, 11) is 4.63. The molecule has 13 nitrogen and oxygen atoms in total. The molecule has 0 spiro atoms. The van der Waals surface area contributed by atoms with Crippen LogP contribution in [0.1, 0.15) is 141 Å². The zero-order chi connectivity index (χ0) is 46.6. The van der Waals surface area contributed by atoms with Gasteiger partial charge in [0.05, 0.1) is 38.1 Å². The van der Waals surface area contributed by atoms with Crippen molar-refractivity contribution < 1.29 is 48.3 Å². The van der Waals surface area contributed by atoms with Gasteiger partial charge in [0.15, 0.2) is 0 Å². The Hall–Kier alpha value is -4.59. The normalized spacial score (nSPS) is 22.5. The monoisotopic (exact) mass is 904 g/mol. The molecule has 2 aromatic rings. The second-order valence-electron chi connectivity index (χ2n) is 17.7. The molecule has 1 fully saturated rings. The van der Waals surface area contributed by atoms with E-state index in [2.05, 4.69) is 31.8 Å². The fraction of sp³-hybridized carbons (Fsp3) is 0.635. The summed E-state index contributed by atoms with van der Waals surface area (Å²) in [5.74, 6) is 0.00394. The number of anilines is 1. The van der Waals surface area contributed by atoms with E-state index in [0.717, 1.165) is 68.2 Å². The van der Waals surface area contributed by atoms with Crippen molar-refractivity contribution in [2.24, 2.45) is 22.9 Å². The summed E-state index contributed by atoms with van der Waals surface area (Å²) in [6.45, 7) is 9.24. The quantitative estimate of drug-likeness (QED) is 0.0408. The predicted molar refractivity (Wildman–Crippen MR) is 255 cm³/mol. The first-order chi connectivity index (χ1) is 31.7. The number of allylic oxidation sites excluding steroid dienone is 1. The Balaban J connectivity index is 1.59. The highest BCUT2D eigenvalue weighted by atomic mass is 16.7. The van der Waals surface area contributed by atoms with Crippen LogP contribution in [0.3, 0.4) is 0 Å². The van der Waals surface area contributed by atoms with E-state index in [-0.39, 0.29) is 43.5 Å². The van der Waals surface area contributed by atoms with Gasteiger partial charge in [-0.05, 0) is 86.3 Å². The number of carbonyl (C=O) groups excluding carboxylic acids is 2. The van der Waals surface area contributed by atoms with Crippen molar-refractivity contribution >= 4 is 23.4 Å². The smallest absolute Gasteiger partial charge is 0.417 e. The Morgan fingerprint density at radius 1 is 0.877 bits per heavy atom. The molecule has 2 amide bonds. The predicted octanol–water partition coefficient (Wildman–Crippen LogP) is 10.7. The third kappa shape index (κ3) is 13.1. The van der Waals surface area contributed by atoms with Crippen molar-refractivity contribution in [2.75, 3.05) is 53.0 Å². The van der Waals surface area contributed by atoms with Crippen LogP contribution in [0, 0.1) is 17.8 Å². The Bertz CT molecular complexity index is 1880. The van der Waals surface area contributed by atoms with Gasteiger partial charge in [-0.1, -0.05) is 95.4 Å². The fourth-order valence-corrected chi connectivity index (χ4v) is 10.4. The maximum Gasteiger partial charge on any atom is 0.417 e. The Morgan fingerprint density at radius 3 is 2.25 bits per heavy atom. The molecule has 13 heteroatoms. The first-order valence-corrected chi connectivity index (χ1v) is 24.4. The van der Waals surface area contributed by atoms with Crippen LogP contribution in [-0.2, 0) is 14.4 Å². The molecule has 0 radical (unpaired) electrons. The van der Waals surface area contributed by atoms with E-state index in [0.29, 0.717) is 60.9 Å². The maximum absolute atomic E-state index is 14.7. The molecule has 65 heavy (non-hydrogen) atoms. The van der Waals surface area contributed by atoms with Crippen LogP contribution < -0.4 is 24.3 Å². The number of oxime groups is 1. The van der Waals surface area contributed by atoms with Gasteiger partial charge >= 0.3 is 6.09 Å². The van der Waals surface area contributed by atoms with Gasteiger partial charge in [-0.15, -0.1) is 6.58 Å². The van der Waals surface area contributed by atoms with E-state index in [4.69, 9.17) is 33.7 Å². The number of methoxy groups -OCH3 is 2. The van der Waals surface area contributed by atoms with Crippen LogP contribution in [0.25, 0.3) is 0 Å². The number of carbonyl (C=O) groups is 2. The molecule has 1 saturated carbocycles. The molecule has 3 aliphatic rings. The summed E-state index contributed by atoms with van der Waals surface area (Å²) in [6, 6.07) is 9.98. The van der Waals surface area contributed by atoms with E-state index in [1.165, 1.54) is 45.6 Å². The number of aliphatic hydroxyl groups excluding tert-OH is 2. The largest absolute Gasteiger partial charge is 0.497 e. The molecule has 0 saturated heterocycles. The molecule has 360 valence electrons. The number of nitrogens with zero attached hydrogens (tertiary/aromatic N) is 2. The minimum Gasteiger partial charge on any atom is -0.497 e. The zero-order valence-electron chi connectivity index (χ0n) is 39.8. The van der Waals surface area contributed by atoms with E-state index >= 15 is 0 Å². The van der Waals surface area contributed by atoms with Crippen molar-refractivity contribution in [3.05, 3.63) is 66.3 Å². The van der Waals surface area contributed by atoms with E-state index in [1.54, 1.807) is 44.6 Å². The van der Waals surface area contributed by atoms with Crippen LogP contribution in [0.4, 0.5) is 10.5 Å². The number of fused-ring (bicyclic) bond motifs is 2. The lowest BCUT2D eigenvalue weighted by molar-refractivity contribution is -0.257. The summed E-state index contributed by atoms with van der Waals surface area (Å²) in [4.78, 5) is 35.8. The van der Waals surface area contributed by atoms with Crippen LogP contribution in [0.2, 0.25) is 0 Å². The lowest BCUT2D eigenvalue weighted by Crippen LogP contribution is -2.70. The highest BCUT2D eigenvalue weighted by molar-refractivity contribution is 6.03. The van der Waals surface area contributed by atoms with Crippen LogP contribution >= 0.6 is 0 Å². The number of aliphatic hydroxyl groups is 2. The topological polar surface area (TPSA) is 158 Å². The van der Waals surface area contributed by atoms with Gasteiger partial charge in [-0.25, -0.2) is 4.79 Å². The van der Waals surface area contributed by atoms with Crippen LogP contribution in [-0.4, -0.2) is 92.3 Å². The zero-order valence-corrected chi connectivity index (χ0v) is 39.8. The summed E-state index contributed by atoms with van der Waals surface area (Å²) < 4.78 is 31.3. The van der Waals surface area contributed by atoms with Gasteiger partial charge < -0.3 is 43.6 Å². The molecular formula is C52H77N3O10. The van der Waals surface area contributed by atoms with Crippen LogP contribution in [0.5, 0.6) is 23.0 Å². The number of unbranched alkanes of at least 4 members (excludes halogenated alkanes) is 10. The molecule has 0 aromatic heterocycles. The average molecular weight is 904 g/mol. The molecule has 0 bridgehead atoms. The molecule has 2 aliphatic carbocycles. The van der Waals surface area contributed by atoms with Crippen molar-refractivity contribution in [1.82, 2.24) is 4.90 Å². The number of ether oxygens (including phenoxy) is 5. The second-order valence-corrected chi connectivity index (χ2v) is 17.7. The first-order valence-electron chi connectivity index (χ1n) is 24.4. The number of amides is 2. The molecular weight excluding hydrogens is 827 g/mol. The van der Waals surface area contributed by atoms with E-state index in [9.17, 15) is 19.8 Å². The van der Waals surface area contributed by atoms with Gasteiger partial charge in [-0.2, -0.15) is 0 Å². The van der Waals surface area contributed by atoms with E-state index in [1.807, 2.05) is 17.0 Å². The second kappa shape index (κ2) is 26.5. The fourth-order valence-electron chi connectivity index (χ4n) is 10.4. The lowest BCUT2D eigenvalue weighted by atomic mass is 9.55. The number of hydrogen-bond acceptors (Lipinski definition) is 11. The minimum absolute atomic E-state index is 0.0239. The highest BCUT2D eigenvalue weighted by Crippen LogP contribution is 2.62. The molecule has 2 aromatic carbocycles. The van der Waals surface area contributed by atoms with Gasteiger partial charge in [0.2, 0.25) is 11.7 Å². The highest BCUT2D eigenvalue weighted by Gasteiger charge is 2.65. The van der Waals surface area contributed by atoms with Crippen molar-refractivity contribution in [1.29, 1.82) is 0 Å². The van der Waals surface area contributed by atoms with Gasteiger partial charge in [0.1, 0.15) is 36.1 Å². The van der Waals surface area contributed by atoms with Crippen molar-refractivity contribution in [3.63, 3.8) is 0 Å². The van der Waals surface area contributed by atoms with Crippen LogP contribution in [0.15, 0.2) is 65.9 Å². The molecule has 1 heterocycles. The summed E-state index contributed by atoms with van der Waals surface area (Å²) in [6.07, 6.45) is 19.8. The molecule has 1 aliphatic heterocycles. The summed E-state index contributed by atoms with van der Waals surface area (Å²) in [5.41, 5.74) is 2.97. The average Bonchev–Trinajstić information content (AvgIpc) is 3.31. The summed E-state index contributed by atoms with van der Waals surface area (Å²) >= 11 is 0. The maximum atomic E-state index is 14.7. The molecule has 5 rings (SSSR count). The lowest BCUT2D eigenvalue weighted by Gasteiger charge is -2.60. The third-order valence-corrected chi connectivity index (χ3v) is 13.4. The molecule has 6 unspecified atom stereocenters. The van der Waals surface area contributed by atoms with Gasteiger partial charge in [-0.3, -0.25) is 10.1 Å². The number of hydrogen-bond donors (Lipinski definition) is 3. The number of benzene rings is 2. The minimum atomic E-state index is -1.34. The SMILES string of the molecule is C=CCOC12Oc3ccc(OC(=O)Nc4ccc(OC)cc4OC)cc3C3C(CCCCO)C(CCCCO)C=C(C(=NOC)CC1N(CCC)C(=O)CCCCCCCCCCC)C32. The Kier molecular flexibility index (Phi) is 21.0. The van der Waals surface area contributed by atoms with Crippen molar-refractivity contribution in [2.45, 2.75) is 147 Å². The molecule has 6 atom stereocenters. The Morgan fingerprint density at radius 2 is 1.58 bits per heavy atom.